The van der Waals surface area contributed by atoms with Crippen LogP contribution in [0.2, 0.25) is 5.02 Å². The van der Waals surface area contributed by atoms with Gasteiger partial charge in [-0.05, 0) is 36.7 Å². The van der Waals surface area contributed by atoms with E-state index in [4.69, 9.17) is 11.6 Å². The molecule has 0 aliphatic carbocycles. The van der Waals surface area contributed by atoms with Gasteiger partial charge in [-0.3, -0.25) is 9.89 Å². The van der Waals surface area contributed by atoms with Crippen molar-refractivity contribution in [1.29, 1.82) is 0 Å². The Morgan fingerprint density at radius 1 is 1.17 bits per heavy atom. The van der Waals surface area contributed by atoms with E-state index >= 15 is 0 Å². The van der Waals surface area contributed by atoms with E-state index in [0.29, 0.717) is 0 Å². The Balaban J connectivity index is 1.35. The second-order valence-electron chi connectivity index (χ2n) is 7.19. The standard InChI is InChI=1S/C21H30ClN7/c1-23-20(27(2)17-18-6-3-7-19(22)16-18)24-10-5-11-28-12-14-29(15-13-28)21-25-8-4-9-26-21/h3-4,6-9,16H,5,10-15,17H2,1-2H3,(H,23,24). The number of benzene rings is 1. The van der Waals surface area contributed by atoms with Crippen LogP contribution in [0.15, 0.2) is 47.7 Å². The van der Waals surface area contributed by atoms with Crippen LogP contribution in [0.3, 0.4) is 0 Å². The second kappa shape index (κ2) is 11.0. The zero-order valence-corrected chi connectivity index (χ0v) is 18.0. The van der Waals surface area contributed by atoms with Gasteiger partial charge in [-0.15, -0.1) is 0 Å². The molecule has 2 heterocycles. The number of anilines is 1. The van der Waals surface area contributed by atoms with Gasteiger partial charge < -0.3 is 15.1 Å². The third-order valence-corrected chi connectivity index (χ3v) is 5.26. The summed E-state index contributed by atoms with van der Waals surface area (Å²) in [6.45, 7) is 6.77. The lowest BCUT2D eigenvalue weighted by atomic mass is 10.2. The molecule has 1 aromatic carbocycles. The van der Waals surface area contributed by atoms with E-state index in [0.717, 1.165) is 69.2 Å². The number of guanidine groups is 1. The van der Waals surface area contributed by atoms with Crippen LogP contribution >= 0.6 is 11.6 Å². The highest BCUT2D eigenvalue weighted by atomic mass is 35.5. The molecule has 0 amide bonds. The molecule has 156 valence electrons. The van der Waals surface area contributed by atoms with Gasteiger partial charge in [0, 0.05) is 70.8 Å². The summed E-state index contributed by atoms with van der Waals surface area (Å²) in [7, 11) is 3.86. The van der Waals surface area contributed by atoms with Crippen molar-refractivity contribution in [2.24, 2.45) is 4.99 Å². The molecule has 0 atom stereocenters. The van der Waals surface area contributed by atoms with Crippen molar-refractivity contribution in [3.8, 4) is 0 Å². The maximum Gasteiger partial charge on any atom is 0.225 e. The van der Waals surface area contributed by atoms with Gasteiger partial charge in [-0.1, -0.05) is 23.7 Å². The number of halogens is 1. The third kappa shape index (κ3) is 6.58. The monoisotopic (exact) mass is 415 g/mol. The van der Waals surface area contributed by atoms with Crippen LogP contribution in [0.1, 0.15) is 12.0 Å². The number of hydrogen-bond donors (Lipinski definition) is 1. The predicted octanol–water partition coefficient (Wildman–Crippen LogP) is 2.35. The molecule has 8 heteroatoms. The van der Waals surface area contributed by atoms with E-state index in [1.807, 2.05) is 38.4 Å². The van der Waals surface area contributed by atoms with Gasteiger partial charge in [-0.2, -0.15) is 0 Å². The quantitative estimate of drug-likeness (QED) is 0.425. The first-order chi connectivity index (χ1) is 14.2. The zero-order valence-electron chi connectivity index (χ0n) is 17.3. The molecule has 0 spiro atoms. The van der Waals surface area contributed by atoms with Crippen LogP contribution in [0.4, 0.5) is 5.95 Å². The first kappa shape index (κ1) is 21.3. The minimum absolute atomic E-state index is 0.762. The summed E-state index contributed by atoms with van der Waals surface area (Å²) in [5.74, 6) is 1.73. The molecule has 1 N–H and O–H groups in total. The molecule has 7 nitrogen and oxygen atoms in total. The highest BCUT2D eigenvalue weighted by Crippen LogP contribution is 2.12. The van der Waals surface area contributed by atoms with Crippen LogP contribution in [0.25, 0.3) is 0 Å². The molecule has 0 unspecified atom stereocenters. The van der Waals surface area contributed by atoms with Crippen molar-refractivity contribution in [2.75, 3.05) is 58.3 Å². The fourth-order valence-corrected chi connectivity index (χ4v) is 3.71. The number of aliphatic imine (C=N–C) groups is 1. The Morgan fingerprint density at radius 2 is 1.93 bits per heavy atom. The summed E-state index contributed by atoms with van der Waals surface area (Å²) < 4.78 is 0. The normalized spacial score (nSPS) is 15.4. The minimum atomic E-state index is 0.762. The molecule has 3 rings (SSSR count). The summed E-state index contributed by atoms with van der Waals surface area (Å²) in [4.78, 5) is 20.0. The van der Waals surface area contributed by atoms with Gasteiger partial charge in [0.05, 0.1) is 0 Å². The predicted molar refractivity (Wildman–Crippen MR) is 120 cm³/mol. The Labute approximate surface area is 178 Å². The van der Waals surface area contributed by atoms with Crippen LogP contribution in [0, 0.1) is 0 Å². The van der Waals surface area contributed by atoms with E-state index in [9.17, 15) is 0 Å². The molecular weight excluding hydrogens is 386 g/mol. The largest absolute Gasteiger partial charge is 0.356 e. The summed E-state index contributed by atoms with van der Waals surface area (Å²) in [5, 5.41) is 4.23. The number of nitrogens with zero attached hydrogens (tertiary/aromatic N) is 6. The lowest BCUT2D eigenvalue weighted by molar-refractivity contribution is 0.254. The Bertz CT molecular complexity index is 776. The van der Waals surface area contributed by atoms with Gasteiger partial charge in [-0.25, -0.2) is 9.97 Å². The first-order valence-electron chi connectivity index (χ1n) is 10.1. The topological polar surface area (TPSA) is 59.9 Å². The van der Waals surface area contributed by atoms with Gasteiger partial charge in [0.15, 0.2) is 5.96 Å². The van der Waals surface area contributed by atoms with Gasteiger partial charge >= 0.3 is 0 Å². The van der Waals surface area contributed by atoms with E-state index in [1.54, 1.807) is 12.4 Å². The number of piperazine rings is 1. The van der Waals surface area contributed by atoms with Gasteiger partial charge in [0.25, 0.3) is 0 Å². The van der Waals surface area contributed by atoms with Crippen molar-refractivity contribution in [2.45, 2.75) is 13.0 Å². The van der Waals surface area contributed by atoms with E-state index in [-0.39, 0.29) is 0 Å². The van der Waals surface area contributed by atoms with Crippen LogP contribution in [0.5, 0.6) is 0 Å². The molecule has 1 aliphatic heterocycles. The first-order valence-corrected chi connectivity index (χ1v) is 10.4. The van der Waals surface area contributed by atoms with Crippen molar-refractivity contribution < 1.29 is 0 Å². The molecule has 1 aromatic heterocycles. The third-order valence-electron chi connectivity index (χ3n) is 5.02. The van der Waals surface area contributed by atoms with E-state index < -0.39 is 0 Å². The van der Waals surface area contributed by atoms with Crippen molar-refractivity contribution in [1.82, 2.24) is 25.1 Å². The maximum atomic E-state index is 6.08. The number of rotatable bonds is 7. The molecule has 1 saturated heterocycles. The molecule has 29 heavy (non-hydrogen) atoms. The molecule has 2 aromatic rings. The SMILES string of the molecule is CN=C(NCCCN1CCN(c2ncccn2)CC1)N(C)Cc1cccc(Cl)c1. The van der Waals surface area contributed by atoms with Crippen LogP contribution in [-0.4, -0.2) is 79.1 Å². The van der Waals surface area contributed by atoms with E-state index in [2.05, 4.69) is 41.0 Å². The van der Waals surface area contributed by atoms with E-state index in [1.165, 1.54) is 5.56 Å². The highest BCUT2D eigenvalue weighted by Gasteiger charge is 2.18. The Morgan fingerprint density at radius 3 is 2.62 bits per heavy atom. The number of nitrogens with one attached hydrogen (secondary N) is 1. The lowest BCUT2D eigenvalue weighted by Crippen LogP contribution is -2.47. The van der Waals surface area contributed by atoms with Crippen LogP contribution < -0.4 is 10.2 Å². The molecule has 1 aliphatic rings. The number of aromatic nitrogens is 2. The average molecular weight is 416 g/mol. The fourth-order valence-electron chi connectivity index (χ4n) is 3.50. The molecule has 0 saturated carbocycles. The zero-order chi connectivity index (χ0) is 20.5. The van der Waals surface area contributed by atoms with Crippen LogP contribution in [-0.2, 0) is 6.54 Å². The maximum absolute atomic E-state index is 6.08. The van der Waals surface area contributed by atoms with Crippen molar-refractivity contribution >= 4 is 23.5 Å². The summed E-state index contributed by atoms with van der Waals surface area (Å²) >= 11 is 6.08. The molecular formula is C21H30ClN7. The minimum Gasteiger partial charge on any atom is -0.356 e. The Kier molecular flexibility index (Phi) is 8.07. The smallest absolute Gasteiger partial charge is 0.225 e. The summed E-state index contributed by atoms with van der Waals surface area (Å²) in [6.07, 6.45) is 4.68. The molecule has 0 bridgehead atoms. The Hall–Kier alpha value is -2.38. The lowest BCUT2D eigenvalue weighted by Gasteiger charge is -2.34. The van der Waals surface area contributed by atoms with Crippen molar-refractivity contribution in [3.05, 3.63) is 53.3 Å². The molecule has 1 fully saturated rings. The number of hydrogen-bond acceptors (Lipinski definition) is 5. The highest BCUT2D eigenvalue weighted by molar-refractivity contribution is 6.30. The summed E-state index contributed by atoms with van der Waals surface area (Å²) in [6, 6.07) is 9.80. The summed E-state index contributed by atoms with van der Waals surface area (Å²) in [5.41, 5.74) is 1.17. The van der Waals surface area contributed by atoms with Gasteiger partial charge in [0.2, 0.25) is 5.95 Å². The van der Waals surface area contributed by atoms with Crippen molar-refractivity contribution in [3.63, 3.8) is 0 Å². The fraction of sp³-hybridized carbons (Fsp3) is 0.476. The van der Waals surface area contributed by atoms with Gasteiger partial charge in [0.1, 0.15) is 0 Å². The second-order valence-corrected chi connectivity index (χ2v) is 7.63. The average Bonchev–Trinajstić information content (AvgIpc) is 2.75. The molecule has 0 radical (unpaired) electrons.